The SMILES string of the molecule is CCN(CC)CCN1C(=O)C(=O)/C(=C(/O)c2ccc3c(c2)OCCO3)[C@@H]1c1cccc(OCc2ccccc2)c1. The Morgan fingerprint density at radius 3 is 2.45 bits per heavy atom. The molecule has 1 saturated heterocycles. The van der Waals surface area contributed by atoms with Crippen LogP contribution in [0.2, 0.25) is 0 Å². The van der Waals surface area contributed by atoms with Crippen molar-refractivity contribution in [1.82, 2.24) is 9.80 Å². The number of nitrogens with zero attached hydrogens (tertiary/aromatic N) is 2. The molecule has 8 heteroatoms. The number of carbonyl (C=O) groups is 2. The van der Waals surface area contributed by atoms with Crippen LogP contribution in [0.3, 0.4) is 0 Å². The van der Waals surface area contributed by atoms with Gasteiger partial charge in [-0.05, 0) is 54.5 Å². The average Bonchev–Trinajstić information content (AvgIpc) is 3.25. The summed E-state index contributed by atoms with van der Waals surface area (Å²) in [6, 6.07) is 21.4. The van der Waals surface area contributed by atoms with Gasteiger partial charge in [0, 0.05) is 18.7 Å². The molecule has 0 spiro atoms. The molecule has 1 fully saturated rings. The number of hydrogen-bond acceptors (Lipinski definition) is 7. The van der Waals surface area contributed by atoms with Crippen molar-refractivity contribution in [2.45, 2.75) is 26.5 Å². The summed E-state index contributed by atoms with van der Waals surface area (Å²) < 4.78 is 17.3. The molecule has 2 aliphatic heterocycles. The molecule has 40 heavy (non-hydrogen) atoms. The number of carbonyl (C=O) groups excluding carboxylic acids is 2. The summed E-state index contributed by atoms with van der Waals surface area (Å²) in [6.45, 7) is 7.92. The van der Waals surface area contributed by atoms with Crippen molar-refractivity contribution in [2.24, 2.45) is 0 Å². The van der Waals surface area contributed by atoms with Gasteiger partial charge in [-0.1, -0.05) is 56.3 Å². The van der Waals surface area contributed by atoms with Crippen LogP contribution in [0.5, 0.6) is 17.2 Å². The summed E-state index contributed by atoms with van der Waals surface area (Å²) in [4.78, 5) is 30.6. The number of likely N-dealkylation sites (tertiary alicyclic amines) is 1. The summed E-state index contributed by atoms with van der Waals surface area (Å²) in [5, 5.41) is 11.5. The molecule has 1 amide bonds. The van der Waals surface area contributed by atoms with E-state index in [1.165, 1.54) is 0 Å². The van der Waals surface area contributed by atoms with E-state index in [0.29, 0.717) is 61.3 Å². The van der Waals surface area contributed by atoms with Gasteiger partial charge in [0.15, 0.2) is 11.5 Å². The molecule has 0 bridgehead atoms. The van der Waals surface area contributed by atoms with Crippen molar-refractivity contribution < 1.29 is 28.9 Å². The number of likely N-dealkylation sites (N-methyl/N-ethyl adjacent to an activating group) is 1. The predicted molar refractivity (Wildman–Crippen MR) is 151 cm³/mol. The number of fused-ring (bicyclic) bond motifs is 1. The van der Waals surface area contributed by atoms with Crippen LogP contribution in [-0.4, -0.2) is 66.0 Å². The Kier molecular flexibility index (Phi) is 8.36. The molecule has 2 aliphatic rings. The third-order valence-corrected chi connectivity index (χ3v) is 7.33. The number of ether oxygens (including phenoxy) is 3. The monoisotopic (exact) mass is 542 g/mol. The summed E-state index contributed by atoms with van der Waals surface area (Å²) in [7, 11) is 0. The number of aliphatic hydroxyl groups excluding tert-OH is 1. The fourth-order valence-electron chi connectivity index (χ4n) is 5.11. The van der Waals surface area contributed by atoms with Crippen molar-refractivity contribution in [3.05, 3.63) is 95.1 Å². The highest BCUT2D eigenvalue weighted by Crippen LogP contribution is 2.41. The normalized spacial score (nSPS) is 17.9. The lowest BCUT2D eigenvalue weighted by Crippen LogP contribution is -2.38. The highest BCUT2D eigenvalue weighted by Gasteiger charge is 2.46. The van der Waals surface area contributed by atoms with E-state index < -0.39 is 17.7 Å². The highest BCUT2D eigenvalue weighted by atomic mass is 16.6. The van der Waals surface area contributed by atoms with Gasteiger partial charge in [0.25, 0.3) is 11.7 Å². The van der Waals surface area contributed by atoms with E-state index in [2.05, 4.69) is 18.7 Å². The first kappa shape index (κ1) is 27.3. The van der Waals surface area contributed by atoms with E-state index in [4.69, 9.17) is 14.2 Å². The molecular formula is C32H34N2O6. The van der Waals surface area contributed by atoms with Gasteiger partial charge in [-0.3, -0.25) is 9.59 Å². The summed E-state index contributed by atoms with van der Waals surface area (Å²) >= 11 is 0. The van der Waals surface area contributed by atoms with Crippen LogP contribution >= 0.6 is 0 Å². The Bertz CT molecular complexity index is 1400. The van der Waals surface area contributed by atoms with E-state index in [9.17, 15) is 14.7 Å². The fourth-order valence-corrected chi connectivity index (χ4v) is 5.11. The Hall–Kier alpha value is -4.30. The van der Waals surface area contributed by atoms with Gasteiger partial charge in [0.2, 0.25) is 0 Å². The van der Waals surface area contributed by atoms with E-state index in [1.54, 1.807) is 23.1 Å². The van der Waals surface area contributed by atoms with Crippen LogP contribution in [0.1, 0.15) is 36.6 Å². The maximum atomic E-state index is 13.5. The summed E-state index contributed by atoms with van der Waals surface area (Å²) in [5.41, 5.74) is 2.13. The number of benzene rings is 3. The van der Waals surface area contributed by atoms with E-state index in [-0.39, 0.29) is 11.3 Å². The smallest absolute Gasteiger partial charge is 0.295 e. The maximum Gasteiger partial charge on any atom is 0.295 e. The minimum absolute atomic E-state index is 0.0430. The third-order valence-electron chi connectivity index (χ3n) is 7.33. The zero-order valence-corrected chi connectivity index (χ0v) is 22.8. The van der Waals surface area contributed by atoms with Gasteiger partial charge in [0.05, 0.1) is 11.6 Å². The second-order valence-corrected chi connectivity index (χ2v) is 9.72. The molecule has 3 aromatic rings. The summed E-state index contributed by atoms with van der Waals surface area (Å²) in [5.74, 6) is 0.0666. The lowest BCUT2D eigenvalue weighted by atomic mass is 9.95. The van der Waals surface area contributed by atoms with Crippen molar-refractivity contribution in [1.29, 1.82) is 0 Å². The van der Waals surface area contributed by atoms with Crippen LogP contribution in [0.4, 0.5) is 0 Å². The second kappa shape index (κ2) is 12.3. The average molecular weight is 543 g/mol. The third kappa shape index (κ3) is 5.67. The second-order valence-electron chi connectivity index (χ2n) is 9.72. The van der Waals surface area contributed by atoms with Crippen molar-refractivity contribution in [3.63, 3.8) is 0 Å². The molecule has 1 atom stereocenters. The number of aliphatic hydroxyl groups is 1. The van der Waals surface area contributed by atoms with Crippen molar-refractivity contribution >= 4 is 17.4 Å². The maximum absolute atomic E-state index is 13.5. The van der Waals surface area contributed by atoms with Gasteiger partial charge < -0.3 is 29.1 Å². The molecule has 8 nitrogen and oxygen atoms in total. The lowest BCUT2D eigenvalue weighted by Gasteiger charge is -2.28. The molecule has 0 aromatic heterocycles. The highest BCUT2D eigenvalue weighted by molar-refractivity contribution is 6.46. The van der Waals surface area contributed by atoms with E-state index in [0.717, 1.165) is 18.7 Å². The molecular weight excluding hydrogens is 508 g/mol. The van der Waals surface area contributed by atoms with E-state index in [1.807, 2.05) is 54.6 Å². The fraction of sp³-hybridized carbons (Fsp3) is 0.312. The Labute approximate surface area is 234 Å². The van der Waals surface area contributed by atoms with Crippen LogP contribution in [0.25, 0.3) is 5.76 Å². The Balaban J connectivity index is 1.53. The molecule has 0 radical (unpaired) electrons. The standard InChI is InChI=1S/C32H34N2O6/c1-3-33(4-2)15-16-34-29(23-11-8-12-25(19-23)40-21-22-9-6-5-7-10-22)28(31(36)32(34)37)30(35)24-13-14-26-27(20-24)39-18-17-38-26/h5-14,19-20,29,35H,3-4,15-18,21H2,1-2H3/b30-28+/t29-/m0/s1. The van der Waals surface area contributed by atoms with Gasteiger partial charge in [-0.15, -0.1) is 0 Å². The summed E-state index contributed by atoms with van der Waals surface area (Å²) in [6.07, 6.45) is 0. The first-order chi connectivity index (χ1) is 19.5. The van der Waals surface area contributed by atoms with Gasteiger partial charge >= 0.3 is 0 Å². The Morgan fingerprint density at radius 1 is 0.950 bits per heavy atom. The first-order valence-corrected chi connectivity index (χ1v) is 13.7. The number of hydrogen-bond donors (Lipinski definition) is 1. The van der Waals surface area contributed by atoms with Gasteiger partial charge in [-0.2, -0.15) is 0 Å². The van der Waals surface area contributed by atoms with Crippen LogP contribution in [-0.2, 0) is 16.2 Å². The van der Waals surface area contributed by atoms with Crippen LogP contribution < -0.4 is 14.2 Å². The number of Topliss-reactive ketones (excluding diaryl/α,β-unsaturated/α-hetero) is 1. The minimum Gasteiger partial charge on any atom is -0.507 e. The molecule has 0 aliphatic carbocycles. The molecule has 3 aromatic carbocycles. The van der Waals surface area contributed by atoms with Gasteiger partial charge in [0.1, 0.15) is 31.3 Å². The van der Waals surface area contributed by atoms with Crippen LogP contribution in [0.15, 0.2) is 78.4 Å². The lowest BCUT2D eigenvalue weighted by molar-refractivity contribution is -0.140. The van der Waals surface area contributed by atoms with Crippen molar-refractivity contribution in [3.8, 4) is 17.2 Å². The predicted octanol–water partition coefficient (Wildman–Crippen LogP) is 4.80. The molecule has 0 unspecified atom stereocenters. The zero-order valence-electron chi connectivity index (χ0n) is 22.8. The minimum atomic E-state index is -0.774. The number of ketones is 1. The number of rotatable bonds is 10. The number of amides is 1. The van der Waals surface area contributed by atoms with Crippen LogP contribution in [0, 0.1) is 0 Å². The quantitative estimate of drug-likeness (QED) is 0.224. The van der Waals surface area contributed by atoms with E-state index >= 15 is 0 Å². The van der Waals surface area contributed by atoms with Gasteiger partial charge in [-0.25, -0.2) is 0 Å². The molecule has 5 rings (SSSR count). The molecule has 2 heterocycles. The topological polar surface area (TPSA) is 88.5 Å². The molecule has 208 valence electrons. The van der Waals surface area contributed by atoms with Crippen molar-refractivity contribution in [2.75, 3.05) is 39.4 Å². The largest absolute Gasteiger partial charge is 0.507 e. The molecule has 0 saturated carbocycles. The Morgan fingerprint density at radius 2 is 1.70 bits per heavy atom. The zero-order chi connectivity index (χ0) is 28.1. The molecule has 1 N–H and O–H groups in total. The first-order valence-electron chi connectivity index (χ1n) is 13.7.